The molecule has 0 aliphatic carbocycles. The first-order valence-electron chi connectivity index (χ1n) is 3.27. The summed E-state index contributed by atoms with van der Waals surface area (Å²) in [7, 11) is 0. The van der Waals surface area contributed by atoms with Crippen molar-refractivity contribution < 1.29 is 0 Å². The molecular weight excluding hydrogens is 225 g/mol. The van der Waals surface area contributed by atoms with E-state index in [0.717, 1.165) is 11.4 Å². The zero-order valence-electron chi connectivity index (χ0n) is 6.09. The van der Waals surface area contributed by atoms with Crippen molar-refractivity contribution >= 4 is 28.6 Å². The van der Waals surface area contributed by atoms with Gasteiger partial charge in [-0.15, -0.1) is 17.0 Å². The first kappa shape index (κ1) is 11.0. The standard InChI is InChI=1S/C8H10ClN.BrH/c9-8-3-1-2-7(6-8)4-5-10;/h1-3,6H,4-5,10H2;1H. The predicted molar refractivity (Wildman–Crippen MR) is 54.5 cm³/mol. The van der Waals surface area contributed by atoms with Crippen LogP contribution in [0.15, 0.2) is 24.3 Å². The molecule has 0 fully saturated rings. The normalized spacial score (nSPS) is 8.91. The quantitative estimate of drug-likeness (QED) is 0.838. The number of rotatable bonds is 2. The molecule has 1 aromatic carbocycles. The second-order valence-corrected chi connectivity index (χ2v) is 2.61. The van der Waals surface area contributed by atoms with Crippen LogP contribution in [0.1, 0.15) is 5.56 Å². The van der Waals surface area contributed by atoms with Gasteiger partial charge in [-0.05, 0) is 30.7 Å². The summed E-state index contributed by atoms with van der Waals surface area (Å²) in [6.07, 6.45) is 0.903. The minimum atomic E-state index is 0. The Hall–Kier alpha value is -0.0500. The molecule has 3 heteroatoms. The highest BCUT2D eigenvalue weighted by Crippen LogP contribution is 2.10. The molecule has 0 aromatic heterocycles. The third-order valence-corrected chi connectivity index (χ3v) is 1.56. The van der Waals surface area contributed by atoms with Crippen molar-refractivity contribution in [2.24, 2.45) is 5.73 Å². The summed E-state index contributed by atoms with van der Waals surface area (Å²) in [6, 6.07) is 7.77. The van der Waals surface area contributed by atoms with E-state index >= 15 is 0 Å². The molecule has 0 saturated carbocycles. The number of nitrogens with two attached hydrogens (primary N) is 1. The maximum atomic E-state index is 5.74. The lowest BCUT2D eigenvalue weighted by Crippen LogP contribution is -2.02. The zero-order valence-corrected chi connectivity index (χ0v) is 8.56. The zero-order chi connectivity index (χ0) is 7.40. The summed E-state index contributed by atoms with van der Waals surface area (Å²) < 4.78 is 0. The van der Waals surface area contributed by atoms with Gasteiger partial charge in [-0.3, -0.25) is 0 Å². The molecule has 0 unspecified atom stereocenters. The van der Waals surface area contributed by atoms with E-state index in [0.29, 0.717) is 6.54 Å². The van der Waals surface area contributed by atoms with Crippen molar-refractivity contribution in [1.29, 1.82) is 0 Å². The summed E-state index contributed by atoms with van der Waals surface area (Å²) >= 11 is 5.74. The largest absolute Gasteiger partial charge is 0.330 e. The van der Waals surface area contributed by atoms with Crippen LogP contribution in [0.4, 0.5) is 0 Å². The lowest BCUT2D eigenvalue weighted by Gasteiger charge is -1.96. The molecule has 62 valence electrons. The van der Waals surface area contributed by atoms with Gasteiger partial charge in [-0.2, -0.15) is 0 Å². The first-order valence-corrected chi connectivity index (χ1v) is 3.65. The van der Waals surface area contributed by atoms with Crippen molar-refractivity contribution in [2.45, 2.75) is 6.42 Å². The molecule has 2 N–H and O–H groups in total. The first-order chi connectivity index (χ1) is 4.83. The maximum absolute atomic E-state index is 5.74. The van der Waals surface area contributed by atoms with Gasteiger partial charge >= 0.3 is 0 Å². The number of hydrogen-bond donors (Lipinski definition) is 1. The lowest BCUT2D eigenvalue weighted by molar-refractivity contribution is 0.969. The van der Waals surface area contributed by atoms with E-state index < -0.39 is 0 Å². The Morgan fingerprint density at radius 3 is 2.64 bits per heavy atom. The summed E-state index contributed by atoms with van der Waals surface area (Å²) in [4.78, 5) is 0. The van der Waals surface area contributed by atoms with E-state index in [9.17, 15) is 0 Å². The van der Waals surface area contributed by atoms with Gasteiger partial charge in [0.15, 0.2) is 0 Å². The minimum Gasteiger partial charge on any atom is -0.330 e. The van der Waals surface area contributed by atoms with E-state index in [4.69, 9.17) is 17.3 Å². The van der Waals surface area contributed by atoms with Gasteiger partial charge in [0.25, 0.3) is 0 Å². The highest BCUT2D eigenvalue weighted by atomic mass is 79.9. The van der Waals surface area contributed by atoms with Gasteiger partial charge in [0, 0.05) is 5.02 Å². The molecule has 0 aliphatic rings. The predicted octanol–water partition coefficient (Wildman–Crippen LogP) is 2.42. The van der Waals surface area contributed by atoms with Crippen LogP contribution < -0.4 is 5.73 Å². The lowest BCUT2D eigenvalue weighted by atomic mass is 10.2. The fourth-order valence-electron chi connectivity index (χ4n) is 0.859. The monoisotopic (exact) mass is 235 g/mol. The number of benzene rings is 1. The molecule has 0 atom stereocenters. The average molecular weight is 237 g/mol. The van der Waals surface area contributed by atoms with E-state index in [1.54, 1.807) is 0 Å². The summed E-state index contributed by atoms with van der Waals surface area (Å²) in [5, 5.41) is 0.783. The molecule has 11 heavy (non-hydrogen) atoms. The molecule has 0 aliphatic heterocycles. The highest BCUT2D eigenvalue weighted by molar-refractivity contribution is 8.93. The molecule has 0 amide bonds. The van der Waals surface area contributed by atoms with E-state index in [-0.39, 0.29) is 17.0 Å². The SMILES string of the molecule is Br.NCCc1cccc(Cl)c1. The van der Waals surface area contributed by atoms with Crippen LogP contribution >= 0.6 is 28.6 Å². The van der Waals surface area contributed by atoms with Gasteiger partial charge in [0.2, 0.25) is 0 Å². The molecule has 1 rings (SSSR count). The van der Waals surface area contributed by atoms with Crippen molar-refractivity contribution in [3.63, 3.8) is 0 Å². The molecule has 0 radical (unpaired) electrons. The van der Waals surface area contributed by atoms with Crippen LogP contribution in [0.3, 0.4) is 0 Å². The van der Waals surface area contributed by atoms with Crippen molar-refractivity contribution in [3.05, 3.63) is 34.9 Å². The number of hydrogen-bond acceptors (Lipinski definition) is 1. The molecule has 0 heterocycles. The van der Waals surface area contributed by atoms with Crippen LogP contribution in [-0.2, 0) is 6.42 Å². The number of halogens is 2. The average Bonchev–Trinajstić information content (AvgIpc) is 1.88. The van der Waals surface area contributed by atoms with Gasteiger partial charge in [-0.1, -0.05) is 23.7 Å². The Balaban J connectivity index is 0.000001000. The third kappa shape index (κ3) is 3.75. The third-order valence-electron chi connectivity index (χ3n) is 1.32. The van der Waals surface area contributed by atoms with Crippen molar-refractivity contribution in [2.75, 3.05) is 6.54 Å². The molecular formula is C8H11BrClN. The van der Waals surface area contributed by atoms with Crippen LogP contribution in [0.2, 0.25) is 5.02 Å². The van der Waals surface area contributed by atoms with Crippen LogP contribution in [0.25, 0.3) is 0 Å². The van der Waals surface area contributed by atoms with Crippen LogP contribution in [0.5, 0.6) is 0 Å². The molecule has 0 bridgehead atoms. The Morgan fingerprint density at radius 2 is 2.09 bits per heavy atom. The van der Waals surface area contributed by atoms with Gasteiger partial charge < -0.3 is 5.73 Å². The maximum Gasteiger partial charge on any atom is 0.0408 e. The second kappa shape index (κ2) is 5.58. The smallest absolute Gasteiger partial charge is 0.0408 e. The van der Waals surface area contributed by atoms with Crippen molar-refractivity contribution in [1.82, 2.24) is 0 Å². The fraction of sp³-hybridized carbons (Fsp3) is 0.250. The molecule has 0 spiro atoms. The van der Waals surface area contributed by atoms with Crippen molar-refractivity contribution in [3.8, 4) is 0 Å². The Kier molecular flexibility index (Phi) is 5.56. The Morgan fingerprint density at radius 1 is 1.36 bits per heavy atom. The Labute approximate surface area is 82.3 Å². The summed E-state index contributed by atoms with van der Waals surface area (Å²) in [6.45, 7) is 0.681. The molecule has 0 saturated heterocycles. The summed E-state index contributed by atoms with van der Waals surface area (Å²) in [5.74, 6) is 0. The van der Waals surface area contributed by atoms with Crippen LogP contribution in [0, 0.1) is 0 Å². The fourth-order valence-corrected chi connectivity index (χ4v) is 1.07. The second-order valence-electron chi connectivity index (χ2n) is 2.17. The molecule has 1 aromatic rings. The molecule has 1 nitrogen and oxygen atoms in total. The topological polar surface area (TPSA) is 26.0 Å². The van der Waals surface area contributed by atoms with E-state index in [1.807, 2.05) is 24.3 Å². The van der Waals surface area contributed by atoms with Gasteiger partial charge in [0.05, 0.1) is 0 Å². The van der Waals surface area contributed by atoms with E-state index in [1.165, 1.54) is 5.56 Å². The highest BCUT2D eigenvalue weighted by Gasteiger charge is 1.90. The van der Waals surface area contributed by atoms with Crippen LogP contribution in [-0.4, -0.2) is 6.54 Å². The van der Waals surface area contributed by atoms with Gasteiger partial charge in [-0.25, -0.2) is 0 Å². The van der Waals surface area contributed by atoms with E-state index in [2.05, 4.69) is 0 Å². The Bertz CT molecular complexity index is 215. The summed E-state index contributed by atoms with van der Waals surface area (Å²) in [5.41, 5.74) is 6.57. The van der Waals surface area contributed by atoms with Gasteiger partial charge in [0.1, 0.15) is 0 Å². The minimum absolute atomic E-state index is 0.